The van der Waals surface area contributed by atoms with E-state index in [0.717, 1.165) is 64.2 Å². The van der Waals surface area contributed by atoms with E-state index < -0.39 is 32.5 Å². The van der Waals surface area contributed by atoms with E-state index in [-0.39, 0.29) is 44.9 Å². The molecule has 328 valence electrons. The number of aromatic nitrogens is 1. The molecule has 2 N–H and O–H groups in total. The second-order valence-electron chi connectivity index (χ2n) is 15.0. The fraction of sp³-hybridized carbons (Fsp3) is 0.756. The van der Waals surface area contributed by atoms with Crippen LogP contribution in [-0.4, -0.2) is 58.7 Å². The van der Waals surface area contributed by atoms with Gasteiger partial charge in [-0.3, -0.25) is 23.4 Å². The van der Waals surface area contributed by atoms with Crippen LogP contribution >= 0.6 is 7.82 Å². The van der Waals surface area contributed by atoms with E-state index >= 15 is 0 Å². The summed E-state index contributed by atoms with van der Waals surface area (Å²) in [6, 6.07) is 3.11. The Morgan fingerprint density at radius 3 is 1.75 bits per heavy atom. The maximum Gasteiger partial charge on any atom is 0.472 e. The number of esters is 2. The van der Waals surface area contributed by atoms with Crippen molar-refractivity contribution in [1.29, 1.82) is 0 Å². The average Bonchev–Trinajstić information content (AvgIpc) is 3.60. The third kappa shape index (κ3) is 30.2. The highest BCUT2D eigenvalue weighted by Gasteiger charge is 2.26. The number of aliphatic hydroxyl groups is 1. The molecule has 0 radical (unpaired) electrons. The fourth-order valence-electron chi connectivity index (χ4n) is 6.49. The summed E-state index contributed by atoms with van der Waals surface area (Å²) in [6.45, 7) is 3.05. The summed E-state index contributed by atoms with van der Waals surface area (Å²) in [5.74, 6) is -0.922. The van der Waals surface area contributed by atoms with Gasteiger partial charge in [-0.05, 0) is 57.1 Å². The number of rotatable bonds is 40. The number of phosphoric ester groups is 1. The maximum absolute atomic E-state index is 12.7. The SMILES string of the molecule is CCCCC/C=C\C/C=C\CCCCCCCC(=O)O[C@H](COC(=O)CCCCCCCCCCCCCCC)COP(=O)(O)OCCn1c(C=O)ccc1CO. The Morgan fingerprint density at radius 1 is 0.684 bits per heavy atom. The standard InChI is InChI=1S/C45H78NO10P/c1-3-5-7-9-11-13-15-17-18-20-22-24-26-28-30-32-45(50)56-43(40-55-57(51,52)54-36-35-46-41(37-47)33-34-42(46)38-48)39-53-44(49)31-29-27-25-23-21-19-16-14-12-10-8-6-4-2/h11,13,17-18,33-34,37,43,48H,3-10,12,14-16,19-32,35-36,38-40H2,1-2H3,(H,51,52)/b13-11-,18-17-/t43-/m1/s1. The van der Waals surface area contributed by atoms with Gasteiger partial charge in [0.1, 0.15) is 6.61 Å². The molecule has 1 aromatic rings. The zero-order chi connectivity index (χ0) is 41.7. The quantitative estimate of drug-likeness (QED) is 0.0215. The van der Waals surface area contributed by atoms with Crippen LogP contribution in [0.1, 0.15) is 197 Å². The smallest absolute Gasteiger partial charge is 0.462 e. The summed E-state index contributed by atoms with van der Waals surface area (Å²) in [5, 5.41) is 9.51. The average molecular weight is 824 g/mol. The summed E-state index contributed by atoms with van der Waals surface area (Å²) < 4.78 is 35.4. The number of unbranched alkanes of at least 4 members (excludes halogenated alkanes) is 20. The molecule has 0 saturated heterocycles. The number of aliphatic hydroxyl groups excluding tert-OH is 1. The first-order valence-electron chi connectivity index (χ1n) is 22.3. The molecule has 1 unspecified atom stereocenters. The molecule has 0 aliphatic heterocycles. The van der Waals surface area contributed by atoms with Gasteiger partial charge in [0.25, 0.3) is 0 Å². The molecule has 2 atom stereocenters. The monoisotopic (exact) mass is 824 g/mol. The van der Waals surface area contributed by atoms with Crippen LogP contribution in [0.15, 0.2) is 36.4 Å². The molecule has 1 aromatic heterocycles. The molecule has 1 rings (SSSR count). The van der Waals surface area contributed by atoms with Gasteiger partial charge < -0.3 is 24.0 Å². The van der Waals surface area contributed by atoms with Crippen molar-refractivity contribution in [1.82, 2.24) is 4.57 Å². The number of carbonyl (C=O) groups excluding carboxylic acids is 3. The number of ether oxygens (including phenoxy) is 2. The summed E-state index contributed by atoms with van der Waals surface area (Å²) in [5.41, 5.74) is 0.735. The molecule has 0 spiro atoms. The minimum absolute atomic E-state index is 0.0215. The van der Waals surface area contributed by atoms with Crippen LogP contribution < -0.4 is 0 Å². The highest BCUT2D eigenvalue weighted by atomic mass is 31.2. The Balaban J connectivity index is 2.44. The van der Waals surface area contributed by atoms with Crippen LogP contribution in [-0.2, 0) is 45.8 Å². The minimum Gasteiger partial charge on any atom is -0.462 e. The summed E-state index contributed by atoms with van der Waals surface area (Å²) in [4.78, 5) is 46.9. The van der Waals surface area contributed by atoms with E-state index in [2.05, 4.69) is 38.2 Å². The Hall–Kier alpha value is -2.56. The molecule has 0 fully saturated rings. The normalized spacial score (nSPS) is 13.3. The third-order valence-corrected chi connectivity index (χ3v) is 10.9. The zero-order valence-corrected chi connectivity index (χ0v) is 36.5. The maximum atomic E-state index is 12.7. The number of hydrogen-bond donors (Lipinski definition) is 2. The van der Waals surface area contributed by atoms with Crippen molar-refractivity contribution in [2.75, 3.05) is 19.8 Å². The molecule has 0 aliphatic rings. The number of allylic oxidation sites excluding steroid dienone is 4. The highest BCUT2D eigenvalue weighted by Crippen LogP contribution is 2.43. The van der Waals surface area contributed by atoms with Crippen molar-refractivity contribution in [3.63, 3.8) is 0 Å². The van der Waals surface area contributed by atoms with Gasteiger partial charge in [0.05, 0.1) is 25.5 Å². The van der Waals surface area contributed by atoms with Crippen LogP contribution in [0.25, 0.3) is 0 Å². The topological polar surface area (TPSA) is 151 Å². The van der Waals surface area contributed by atoms with Gasteiger partial charge in [-0.25, -0.2) is 4.57 Å². The second kappa shape index (κ2) is 36.5. The van der Waals surface area contributed by atoms with E-state index in [9.17, 15) is 28.9 Å². The molecule has 0 bridgehead atoms. The first-order chi connectivity index (χ1) is 27.8. The third-order valence-electron chi connectivity index (χ3n) is 9.92. The number of hydrogen-bond acceptors (Lipinski definition) is 9. The predicted molar refractivity (Wildman–Crippen MR) is 228 cm³/mol. The summed E-state index contributed by atoms with van der Waals surface area (Å²) >= 11 is 0. The molecule has 0 aromatic carbocycles. The predicted octanol–water partition coefficient (Wildman–Crippen LogP) is 11.7. The van der Waals surface area contributed by atoms with Gasteiger partial charge in [0.15, 0.2) is 12.4 Å². The second-order valence-corrected chi connectivity index (χ2v) is 16.5. The van der Waals surface area contributed by atoms with Gasteiger partial charge in [-0.15, -0.1) is 0 Å². The van der Waals surface area contributed by atoms with E-state index in [1.165, 1.54) is 87.7 Å². The number of aldehydes is 1. The van der Waals surface area contributed by atoms with Crippen LogP contribution in [0.3, 0.4) is 0 Å². The number of phosphoric acid groups is 1. The van der Waals surface area contributed by atoms with Gasteiger partial charge in [0.2, 0.25) is 0 Å². The van der Waals surface area contributed by atoms with Crippen LogP contribution in [0.5, 0.6) is 0 Å². The van der Waals surface area contributed by atoms with Crippen molar-refractivity contribution in [3.05, 3.63) is 47.8 Å². The lowest BCUT2D eigenvalue weighted by molar-refractivity contribution is -0.161. The van der Waals surface area contributed by atoms with Crippen LogP contribution in [0, 0.1) is 0 Å². The summed E-state index contributed by atoms with van der Waals surface area (Å²) in [6.07, 6.45) is 36.2. The summed E-state index contributed by atoms with van der Waals surface area (Å²) in [7, 11) is -4.60. The lowest BCUT2D eigenvalue weighted by Gasteiger charge is -2.20. The van der Waals surface area contributed by atoms with Gasteiger partial charge in [-0.2, -0.15) is 0 Å². The van der Waals surface area contributed by atoms with Crippen molar-refractivity contribution in [2.24, 2.45) is 0 Å². The lowest BCUT2D eigenvalue weighted by atomic mass is 10.0. The minimum atomic E-state index is -4.60. The Morgan fingerprint density at radius 2 is 1.19 bits per heavy atom. The first-order valence-corrected chi connectivity index (χ1v) is 23.8. The largest absolute Gasteiger partial charge is 0.472 e. The van der Waals surface area contributed by atoms with E-state index in [4.69, 9.17) is 18.5 Å². The molecule has 0 amide bonds. The van der Waals surface area contributed by atoms with Gasteiger partial charge in [-0.1, -0.05) is 147 Å². The molecule has 12 heteroatoms. The number of carbonyl (C=O) groups is 3. The first kappa shape index (κ1) is 52.5. The van der Waals surface area contributed by atoms with Crippen molar-refractivity contribution < 1.29 is 47.5 Å². The van der Waals surface area contributed by atoms with Crippen molar-refractivity contribution >= 4 is 26.0 Å². The van der Waals surface area contributed by atoms with E-state index in [1.807, 2.05) is 0 Å². The molecule has 57 heavy (non-hydrogen) atoms. The molecule has 1 heterocycles. The van der Waals surface area contributed by atoms with Crippen LogP contribution in [0.4, 0.5) is 0 Å². The van der Waals surface area contributed by atoms with Gasteiger partial charge >= 0.3 is 19.8 Å². The Kier molecular flexibility index (Phi) is 33.6. The van der Waals surface area contributed by atoms with Crippen LogP contribution in [0.2, 0.25) is 0 Å². The zero-order valence-electron chi connectivity index (χ0n) is 35.6. The molecular formula is C45H78NO10P. The molecule has 11 nitrogen and oxygen atoms in total. The van der Waals surface area contributed by atoms with Crippen molar-refractivity contribution in [2.45, 2.75) is 200 Å². The Labute approximate surface area is 345 Å². The van der Waals surface area contributed by atoms with Crippen molar-refractivity contribution in [3.8, 4) is 0 Å². The number of nitrogens with zero attached hydrogens (tertiary/aromatic N) is 1. The fourth-order valence-corrected chi connectivity index (χ4v) is 7.23. The van der Waals surface area contributed by atoms with E-state index in [1.54, 1.807) is 6.07 Å². The molecular weight excluding hydrogens is 745 g/mol. The molecule has 0 aliphatic carbocycles. The van der Waals surface area contributed by atoms with E-state index in [0.29, 0.717) is 24.8 Å². The Bertz CT molecular complexity index is 1260. The molecule has 0 saturated carbocycles. The van der Waals surface area contributed by atoms with Gasteiger partial charge in [0, 0.05) is 25.1 Å². The highest BCUT2D eigenvalue weighted by molar-refractivity contribution is 7.47. The lowest BCUT2D eigenvalue weighted by Crippen LogP contribution is -2.29.